The normalized spacial score (nSPS) is 10.5. The van der Waals surface area contributed by atoms with Gasteiger partial charge < -0.3 is 0 Å². The van der Waals surface area contributed by atoms with Crippen molar-refractivity contribution in [1.29, 1.82) is 0 Å². The van der Waals surface area contributed by atoms with E-state index < -0.39 is 0 Å². The minimum Gasteiger partial charge on any atom is -0.266 e. The van der Waals surface area contributed by atoms with E-state index in [0.717, 1.165) is 9.13 Å². The van der Waals surface area contributed by atoms with Crippen LogP contribution in [-0.4, -0.2) is 17.1 Å². The molecule has 1 N–H and O–H groups in total. The van der Waals surface area contributed by atoms with E-state index in [2.05, 4.69) is 38.1 Å². The number of rotatable bonds is 3. The van der Waals surface area contributed by atoms with Crippen LogP contribution in [0.3, 0.4) is 0 Å². The average molecular weight is 351 g/mol. The standard InChI is InChI=1S/C13H10IN3O/c14-11-6-2-1-5-10(11)9-16-17-13(18)12-7-3-4-8-15-12/h1-9H,(H,17,18)/b16-9+. The molecule has 0 aliphatic heterocycles. The Balaban J connectivity index is 2.00. The molecule has 0 unspecified atom stereocenters. The van der Waals surface area contributed by atoms with Gasteiger partial charge in [-0.25, -0.2) is 5.43 Å². The van der Waals surface area contributed by atoms with Gasteiger partial charge in [-0.2, -0.15) is 5.10 Å². The number of hydrazone groups is 1. The van der Waals surface area contributed by atoms with Crippen molar-refractivity contribution in [3.63, 3.8) is 0 Å². The van der Waals surface area contributed by atoms with E-state index in [1.165, 1.54) is 0 Å². The molecule has 90 valence electrons. The number of carbonyl (C=O) groups excluding carboxylic acids is 1. The minimum atomic E-state index is -0.321. The van der Waals surface area contributed by atoms with Crippen molar-refractivity contribution < 1.29 is 4.79 Å². The van der Waals surface area contributed by atoms with E-state index in [0.29, 0.717) is 5.69 Å². The quantitative estimate of drug-likeness (QED) is 0.525. The summed E-state index contributed by atoms with van der Waals surface area (Å²) in [5.41, 5.74) is 3.74. The van der Waals surface area contributed by atoms with Crippen LogP contribution in [0.4, 0.5) is 0 Å². The van der Waals surface area contributed by atoms with E-state index in [4.69, 9.17) is 0 Å². The molecule has 2 aromatic rings. The van der Waals surface area contributed by atoms with E-state index in [9.17, 15) is 4.79 Å². The molecule has 0 bridgehead atoms. The SMILES string of the molecule is O=C(N/N=C/c1ccccc1I)c1ccccn1. The van der Waals surface area contributed by atoms with Crippen LogP contribution in [0, 0.1) is 3.57 Å². The Kier molecular flexibility index (Phi) is 4.40. The Morgan fingerprint density at radius 1 is 1.22 bits per heavy atom. The first-order valence-corrected chi connectivity index (χ1v) is 6.34. The molecule has 0 fully saturated rings. The Hall–Kier alpha value is -1.76. The summed E-state index contributed by atoms with van der Waals surface area (Å²) in [7, 11) is 0. The first-order valence-electron chi connectivity index (χ1n) is 5.26. The van der Waals surface area contributed by atoms with Crippen LogP contribution in [0.25, 0.3) is 0 Å². The maximum atomic E-state index is 11.6. The highest BCUT2D eigenvalue weighted by atomic mass is 127. The predicted molar refractivity (Wildman–Crippen MR) is 78.5 cm³/mol. The van der Waals surface area contributed by atoms with E-state index in [-0.39, 0.29) is 5.91 Å². The molecule has 1 heterocycles. The molecule has 0 atom stereocenters. The molecule has 1 aromatic heterocycles. The monoisotopic (exact) mass is 351 g/mol. The number of hydrogen-bond acceptors (Lipinski definition) is 3. The molecular formula is C13H10IN3O. The Bertz CT molecular complexity index is 569. The topological polar surface area (TPSA) is 54.4 Å². The number of benzene rings is 1. The molecule has 4 nitrogen and oxygen atoms in total. The zero-order valence-electron chi connectivity index (χ0n) is 9.38. The number of halogens is 1. The lowest BCUT2D eigenvalue weighted by molar-refractivity contribution is 0.0950. The molecule has 5 heteroatoms. The largest absolute Gasteiger partial charge is 0.289 e. The number of nitrogens with one attached hydrogen (secondary N) is 1. The maximum Gasteiger partial charge on any atom is 0.289 e. The zero-order chi connectivity index (χ0) is 12.8. The van der Waals surface area contributed by atoms with Crippen LogP contribution in [-0.2, 0) is 0 Å². The number of pyridine rings is 1. The van der Waals surface area contributed by atoms with E-state index >= 15 is 0 Å². The second kappa shape index (κ2) is 6.25. The van der Waals surface area contributed by atoms with Gasteiger partial charge in [0.05, 0.1) is 6.21 Å². The van der Waals surface area contributed by atoms with Gasteiger partial charge in [0.1, 0.15) is 5.69 Å². The van der Waals surface area contributed by atoms with Gasteiger partial charge >= 0.3 is 0 Å². The average Bonchev–Trinajstić information content (AvgIpc) is 2.42. The fourth-order valence-electron chi connectivity index (χ4n) is 1.29. The Morgan fingerprint density at radius 2 is 2.00 bits per heavy atom. The summed E-state index contributed by atoms with van der Waals surface area (Å²) < 4.78 is 1.07. The summed E-state index contributed by atoms with van der Waals surface area (Å²) in [6.07, 6.45) is 3.18. The van der Waals surface area contributed by atoms with Gasteiger partial charge in [-0.15, -0.1) is 0 Å². The van der Waals surface area contributed by atoms with Gasteiger partial charge in [0, 0.05) is 15.3 Å². The lowest BCUT2D eigenvalue weighted by Gasteiger charge is -1.99. The fourth-order valence-corrected chi connectivity index (χ4v) is 1.82. The first kappa shape index (κ1) is 12.7. The van der Waals surface area contributed by atoms with Crippen molar-refractivity contribution in [2.45, 2.75) is 0 Å². The highest BCUT2D eigenvalue weighted by Gasteiger charge is 2.03. The summed E-state index contributed by atoms with van der Waals surface area (Å²) in [5.74, 6) is -0.321. The molecule has 0 saturated heterocycles. The fraction of sp³-hybridized carbons (Fsp3) is 0. The van der Waals surface area contributed by atoms with Gasteiger partial charge in [0.15, 0.2) is 0 Å². The van der Waals surface area contributed by atoms with Gasteiger partial charge in [-0.1, -0.05) is 24.3 Å². The molecule has 0 spiro atoms. The molecule has 1 aromatic carbocycles. The molecule has 0 saturated carbocycles. The van der Waals surface area contributed by atoms with Crippen molar-refractivity contribution in [2.75, 3.05) is 0 Å². The minimum absolute atomic E-state index is 0.321. The van der Waals surface area contributed by atoms with Crippen LogP contribution in [0.15, 0.2) is 53.8 Å². The number of nitrogens with zero attached hydrogens (tertiary/aromatic N) is 2. The van der Waals surface area contributed by atoms with Crippen molar-refractivity contribution in [3.05, 3.63) is 63.5 Å². The van der Waals surface area contributed by atoms with Crippen LogP contribution < -0.4 is 5.43 Å². The summed E-state index contributed by atoms with van der Waals surface area (Å²) >= 11 is 2.21. The first-order chi connectivity index (χ1) is 8.77. The number of carbonyl (C=O) groups is 1. The zero-order valence-corrected chi connectivity index (χ0v) is 11.5. The van der Waals surface area contributed by atoms with Gasteiger partial charge in [-0.05, 0) is 40.8 Å². The lowest BCUT2D eigenvalue weighted by Crippen LogP contribution is -2.18. The van der Waals surface area contributed by atoms with Crippen molar-refractivity contribution >= 4 is 34.7 Å². The van der Waals surface area contributed by atoms with Crippen molar-refractivity contribution in [1.82, 2.24) is 10.4 Å². The third kappa shape index (κ3) is 3.36. The van der Waals surface area contributed by atoms with Crippen LogP contribution in [0.2, 0.25) is 0 Å². The molecular weight excluding hydrogens is 341 g/mol. The van der Waals surface area contributed by atoms with Crippen LogP contribution in [0.5, 0.6) is 0 Å². The lowest BCUT2D eigenvalue weighted by atomic mass is 10.2. The molecule has 0 aliphatic rings. The molecule has 2 rings (SSSR count). The van der Waals surface area contributed by atoms with Gasteiger partial charge in [0.25, 0.3) is 5.91 Å². The number of amides is 1. The van der Waals surface area contributed by atoms with Crippen LogP contribution >= 0.6 is 22.6 Å². The smallest absolute Gasteiger partial charge is 0.266 e. The van der Waals surface area contributed by atoms with E-state index in [1.807, 2.05) is 24.3 Å². The third-order valence-corrected chi connectivity index (χ3v) is 3.15. The summed E-state index contributed by atoms with van der Waals surface area (Å²) in [4.78, 5) is 15.6. The highest BCUT2D eigenvalue weighted by Crippen LogP contribution is 2.08. The Morgan fingerprint density at radius 3 is 2.72 bits per heavy atom. The summed E-state index contributed by atoms with van der Waals surface area (Å²) in [5, 5.41) is 3.91. The summed E-state index contributed by atoms with van der Waals surface area (Å²) in [6, 6.07) is 12.9. The molecule has 0 aliphatic carbocycles. The molecule has 18 heavy (non-hydrogen) atoms. The maximum absolute atomic E-state index is 11.6. The van der Waals surface area contributed by atoms with Crippen molar-refractivity contribution in [2.24, 2.45) is 5.10 Å². The third-order valence-electron chi connectivity index (χ3n) is 2.17. The predicted octanol–water partition coefficient (Wildman–Crippen LogP) is 2.45. The van der Waals surface area contributed by atoms with E-state index in [1.54, 1.807) is 30.6 Å². The number of aromatic nitrogens is 1. The molecule has 0 radical (unpaired) electrons. The Labute approximate surface area is 118 Å². The van der Waals surface area contributed by atoms with Gasteiger partial charge in [0.2, 0.25) is 0 Å². The summed E-state index contributed by atoms with van der Waals surface area (Å²) in [6.45, 7) is 0. The highest BCUT2D eigenvalue weighted by molar-refractivity contribution is 14.1. The second-order valence-corrected chi connectivity index (χ2v) is 4.60. The van der Waals surface area contributed by atoms with Crippen molar-refractivity contribution in [3.8, 4) is 0 Å². The molecule has 1 amide bonds. The van der Waals surface area contributed by atoms with Gasteiger partial charge in [-0.3, -0.25) is 9.78 Å². The number of hydrogen-bond donors (Lipinski definition) is 1. The second-order valence-electron chi connectivity index (χ2n) is 3.44. The van der Waals surface area contributed by atoms with Crippen LogP contribution in [0.1, 0.15) is 16.1 Å².